The van der Waals surface area contributed by atoms with Crippen molar-refractivity contribution in [3.63, 3.8) is 0 Å². The van der Waals surface area contributed by atoms with E-state index in [1.54, 1.807) is 0 Å². The second kappa shape index (κ2) is 8.21. The van der Waals surface area contributed by atoms with Gasteiger partial charge in [-0.2, -0.15) is 0 Å². The average molecular weight is 262 g/mol. The zero-order valence-corrected chi connectivity index (χ0v) is 13.3. The summed E-state index contributed by atoms with van der Waals surface area (Å²) < 4.78 is 0. The van der Waals surface area contributed by atoms with Crippen LogP contribution in [0.2, 0.25) is 0 Å². The lowest BCUT2D eigenvalue weighted by molar-refractivity contribution is 0.613. The molecule has 0 aromatic heterocycles. The molecule has 1 rings (SSSR count). The van der Waals surface area contributed by atoms with Crippen molar-refractivity contribution in [2.75, 3.05) is 24.5 Å². The molecule has 0 bridgehead atoms. The summed E-state index contributed by atoms with van der Waals surface area (Å²) in [6.45, 7) is 15.4. The molecule has 0 aliphatic heterocycles. The number of anilines is 1. The molecular formula is C17H30N2. The smallest absolute Gasteiger partial charge is 0.0412 e. The fourth-order valence-electron chi connectivity index (χ4n) is 2.40. The van der Waals surface area contributed by atoms with Crippen LogP contribution in [0.25, 0.3) is 0 Å². The molecule has 0 aliphatic carbocycles. The zero-order valence-electron chi connectivity index (χ0n) is 13.3. The summed E-state index contributed by atoms with van der Waals surface area (Å²) in [7, 11) is 0. The van der Waals surface area contributed by atoms with Crippen molar-refractivity contribution in [2.45, 2.75) is 47.6 Å². The van der Waals surface area contributed by atoms with Crippen molar-refractivity contribution in [3.05, 3.63) is 29.3 Å². The number of nitrogens with one attached hydrogen (secondary N) is 1. The van der Waals surface area contributed by atoms with Gasteiger partial charge in [0.15, 0.2) is 0 Å². The highest BCUT2D eigenvalue weighted by Gasteiger charge is 2.11. The van der Waals surface area contributed by atoms with Crippen molar-refractivity contribution in [1.29, 1.82) is 0 Å². The molecule has 2 heteroatoms. The van der Waals surface area contributed by atoms with E-state index >= 15 is 0 Å². The Morgan fingerprint density at radius 1 is 1.21 bits per heavy atom. The number of hydrogen-bond acceptors (Lipinski definition) is 2. The number of rotatable bonds is 8. The first kappa shape index (κ1) is 16.0. The lowest BCUT2D eigenvalue weighted by atomic mass is 10.1. The van der Waals surface area contributed by atoms with Crippen LogP contribution < -0.4 is 10.2 Å². The van der Waals surface area contributed by atoms with Gasteiger partial charge in [0.1, 0.15) is 0 Å². The predicted octanol–water partition coefficient (Wildman–Crippen LogP) is 3.98. The van der Waals surface area contributed by atoms with Crippen LogP contribution in [0.3, 0.4) is 0 Å². The van der Waals surface area contributed by atoms with Gasteiger partial charge in [0.05, 0.1) is 0 Å². The lowest BCUT2D eigenvalue weighted by Crippen LogP contribution is -2.29. The first-order chi connectivity index (χ1) is 9.08. The van der Waals surface area contributed by atoms with E-state index < -0.39 is 0 Å². The van der Waals surface area contributed by atoms with Crippen molar-refractivity contribution < 1.29 is 0 Å². The highest BCUT2D eigenvalue weighted by molar-refractivity contribution is 5.55. The van der Waals surface area contributed by atoms with Crippen molar-refractivity contribution in [3.8, 4) is 0 Å². The number of aryl methyl sites for hydroxylation is 1. The highest BCUT2D eigenvalue weighted by Crippen LogP contribution is 2.23. The minimum absolute atomic E-state index is 0.692. The molecule has 108 valence electrons. The summed E-state index contributed by atoms with van der Waals surface area (Å²) >= 11 is 0. The molecule has 0 unspecified atom stereocenters. The van der Waals surface area contributed by atoms with E-state index in [4.69, 9.17) is 0 Å². The van der Waals surface area contributed by atoms with Gasteiger partial charge in [0.25, 0.3) is 0 Å². The van der Waals surface area contributed by atoms with Crippen LogP contribution in [0.15, 0.2) is 18.2 Å². The summed E-state index contributed by atoms with van der Waals surface area (Å²) in [6, 6.07) is 6.83. The Kier molecular flexibility index (Phi) is 6.93. The summed E-state index contributed by atoms with van der Waals surface area (Å²) in [5.74, 6) is 0.692. The van der Waals surface area contributed by atoms with E-state index in [1.165, 1.54) is 23.2 Å². The van der Waals surface area contributed by atoms with Gasteiger partial charge in [0.2, 0.25) is 0 Å². The minimum Gasteiger partial charge on any atom is -0.371 e. The van der Waals surface area contributed by atoms with Gasteiger partial charge in [-0.25, -0.2) is 0 Å². The predicted molar refractivity (Wildman–Crippen MR) is 85.9 cm³/mol. The van der Waals surface area contributed by atoms with E-state index in [-0.39, 0.29) is 0 Å². The van der Waals surface area contributed by atoms with Gasteiger partial charge in [-0.15, -0.1) is 0 Å². The largest absolute Gasteiger partial charge is 0.371 e. The molecule has 1 aromatic rings. The van der Waals surface area contributed by atoms with Gasteiger partial charge in [0, 0.05) is 25.3 Å². The fourth-order valence-corrected chi connectivity index (χ4v) is 2.40. The third-order valence-corrected chi connectivity index (χ3v) is 3.29. The third-order valence-electron chi connectivity index (χ3n) is 3.29. The quantitative estimate of drug-likeness (QED) is 0.713. The minimum atomic E-state index is 0.692. The van der Waals surface area contributed by atoms with Crippen LogP contribution in [0.5, 0.6) is 0 Å². The van der Waals surface area contributed by atoms with Crippen LogP contribution >= 0.6 is 0 Å². The maximum atomic E-state index is 3.52. The standard InChI is InChI=1S/C17H30N2/c1-6-10-18-12-16-11-15(5)8-9-17(16)19(7-2)13-14(3)4/h8-9,11,14,18H,6-7,10,12-13H2,1-5H3. The zero-order chi connectivity index (χ0) is 14.3. The van der Waals surface area contributed by atoms with Crippen LogP contribution in [-0.4, -0.2) is 19.6 Å². The molecule has 0 heterocycles. The van der Waals surface area contributed by atoms with Gasteiger partial charge >= 0.3 is 0 Å². The Hall–Kier alpha value is -1.02. The number of hydrogen-bond donors (Lipinski definition) is 1. The molecule has 0 atom stereocenters. The van der Waals surface area contributed by atoms with Crippen molar-refractivity contribution in [2.24, 2.45) is 5.92 Å². The summed E-state index contributed by atoms with van der Waals surface area (Å²) in [5, 5.41) is 3.52. The Labute approximate surface area is 119 Å². The monoisotopic (exact) mass is 262 g/mol. The van der Waals surface area contributed by atoms with E-state index in [1.807, 2.05) is 0 Å². The van der Waals surface area contributed by atoms with Crippen molar-refractivity contribution >= 4 is 5.69 Å². The fraction of sp³-hybridized carbons (Fsp3) is 0.647. The first-order valence-electron chi connectivity index (χ1n) is 7.63. The van der Waals surface area contributed by atoms with E-state index in [0.717, 1.165) is 26.2 Å². The molecule has 0 amide bonds. The molecule has 1 aromatic carbocycles. The van der Waals surface area contributed by atoms with Crippen LogP contribution in [0.1, 0.15) is 45.2 Å². The first-order valence-corrected chi connectivity index (χ1v) is 7.63. The molecule has 0 saturated carbocycles. The Balaban J connectivity index is 2.89. The molecule has 2 nitrogen and oxygen atoms in total. The Morgan fingerprint density at radius 2 is 1.95 bits per heavy atom. The second-order valence-corrected chi connectivity index (χ2v) is 5.74. The average Bonchev–Trinajstić information content (AvgIpc) is 2.37. The SMILES string of the molecule is CCCNCc1cc(C)ccc1N(CC)CC(C)C. The Bertz CT molecular complexity index is 372. The number of nitrogens with zero attached hydrogens (tertiary/aromatic N) is 1. The molecule has 0 spiro atoms. The van der Waals surface area contributed by atoms with E-state index in [9.17, 15) is 0 Å². The van der Waals surface area contributed by atoms with Crippen LogP contribution in [-0.2, 0) is 6.54 Å². The van der Waals surface area contributed by atoms with Gasteiger partial charge in [-0.1, -0.05) is 38.5 Å². The van der Waals surface area contributed by atoms with Crippen LogP contribution in [0.4, 0.5) is 5.69 Å². The highest BCUT2D eigenvalue weighted by atomic mass is 15.1. The van der Waals surface area contributed by atoms with Crippen molar-refractivity contribution in [1.82, 2.24) is 5.32 Å². The van der Waals surface area contributed by atoms with Crippen LogP contribution in [0, 0.1) is 12.8 Å². The third kappa shape index (κ3) is 5.23. The molecule has 0 radical (unpaired) electrons. The van der Waals surface area contributed by atoms with E-state index in [0.29, 0.717) is 5.92 Å². The maximum absolute atomic E-state index is 3.52. The lowest BCUT2D eigenvalue weighted by Gasteiger charge is -2.28. The Morgan fingerprint density at radius 3 is 2.53 bits per heavy atom. The molecular weight excluding hydrogens is 232 g/mol. The van der Waals surface area contributed by atoms with Gasteiger partial charge in [-0.3, -0.25) is 0 Å². The molecule has 19 heavy (non-hydrogen) atoms. The normalized spacial score (nSPS) is 11.1. The second-order valence-electron chi connectivity index (χ2n) is 5.74. The summed E-state index contributed by atoms with van der Waals surface area (Å²) in [4.78, 5) is 2.49. The maximum Gasteiger partial charge on any atom is 0.0412 e. The summed E-state index contributed by atoms with van der Waals surface area (Å²) in [5.41, 5.74) is 4.17. The molecule has 1 N–H and O–H groups in total. The van der Waals surface area contributed by atoms with Gasteiger partial charge in [-0.05, 0) is 44.4 Å². The van der Waals surface area contributed by atoms with E-state index in [2.05, 4.69) is 63.0 Å². The van der Waals surface area contributed by atoms with Gasteiger partial charge < -0.3 is 10.2 Å². The summed E-state index contributed by atoms with van der Waals surface area (Å²) in [6.07, 6.45) is 1.19. The topological polar surface area (TPSA) is 15.3 Å². The number of benzene rings is 1. The molecule has 0 fully saturated rings. The molecule has 0 aliphatic rings. The molecule has 0 saturated heterocycles.